The Hall–Kier alpha value is -0.280. The maximum Gasteiger partial charge on any atom is 0.0471 e. The zero-order valence-electron chi connectivity index (χ0n) is 12.1. The first-order chi connectivity index (χ1) is 9.65. The summed E-state index contributed by atoms with van der Waals surface area (Å²) in [7, 11) is 0. The minimum atomic E-state index is 0.255. The Balaban J connectivity index is 2.10. The molecule has 4 heteroatoms. The standard InChI is InChI=1S/C16H23Cl2NO/c1-2-7-19-12-16(5-8-20-9-6-16)11-13-3-4-14(17)10-15(13)18/h3-4,10,19H,2,5-9,11-12H2,1H3. The predicted octanol–water partition coefficient (Wildman–Crippen LogP) is 4.33. The number of ether oxygens (including phenoxy) is 1. The molecule has 20 heavy (non-hydrogen) atoms. The molecule has 2 nitrogen and oxygen atoms in total. The topological polar surface area (TPSA) is 21.3 Å². The highest BCUT2D eigenvalue weighted by molar-refractivity contribution is 6.35. The van der Waals surface area contributed by atoms with Gasteiger partial charge in [0.25, 0.3) is 0 Å². The lowest BCUT2D eigenvalue weighted by Crippen LogP contribution is -2.41. The van der Waals surface area contributed by atoms with E-state index in [0.717, 1.165) is 57.0 Å². The van der Waals surface area contributed by atoms with E-state index in [0.29, 0.717) is 5.02 Å². The molecule has 0 radical (unpaired) electrons. The van der Waals surface area contributed by atoms with Crippen LogP contribution in [0.1, 0.15) is 31.7 Å². The molecule has 1 aliphatic heterocycles. The fraction of sp³-hybridized carbons (Fsp3) is 0.625. The minimum absolute atomic E-state index is 0.255. The smallest absolute Gasteiger partial charge is 0.0471 e. The first-order valence-corrected chi connectivity index (χ1v) is 8.13. The third-order valence-electron chi connectivity index (χ3n) is 4.06. The van der Waals surface area contributed by atoms with Gasteiger partial charge in [0.1, 0.15) is 0 Å². The number of halogens is 2. The lowest BCUT2D eigenvalue weighted by molar-refractivity contribution is 0.0150. The van der Waals surface area contributed by atoms with Gasteiger partial charge in [0, 0.05) is 29.8 Å². The Bertz CT molecular complexity index is 430. The number of hydrogen-bond acceptors (Lipinski definition) is 2. The average Bonchev–Trinajstić information content (AvgIpc) is 2.44. The second-order valence-electron chi connectivity index (χ2n) is 5.70. The van der Waals surface area contributed by atoms with Crippen LogP contribution in [0.25, 0.3) is 0 Å². The van der Waals surface area contributed by atoms with Crippen LogP contribution in [0.15, 0.2) is 18.2 Å². The summed E-state index contributed by atoms with van der Waals surface area (Å²) in [5.41, 5.74) is 1.45. The number of hydrogen-bond donors (Lipinski definition) is 1. The Morgan fingerprint density at radius 3 is 2.65 bits per heavy atom. The molecule has 0 amide bonds. The average molecular weight is 316 g/mol. The molecule has 1 aliphatic rings. The third kappa shape index (κ3) is 4.36. The third-order valence-corrected chi connectivity index (χ3v) is 4.65. The van der Waals surface area contributed by atoms with Crippen molar-refractivity contribution in [2.24, 2.45) is 5.41 Å². The molecule has 1 aromatic rings. The van der Waals surface area contributed by atoms with Crippen LogP contribution in [0, 0.1) is 5.41 Å². The molecule has 0 bridgehead atoms. The molecule has 1 N–H and O–H groups in total. The molecule has 0 atom stereocenters. The van der Waals surface area contributed by atoms with E-state index in [-0.39, 0.29) is 5.41 Å². The highest BCUT2D eigenvalue weighted by Crippen LogP contribution is 2.36. The van der Waals surface area contributed by atoms with Crippen molar-refractivity contribution in [1.82, 2.24) is 5.32 Å². The molecule has 1 aromatic carbocycles. The zero-order chi connectivity index (χ0) is 14.4. The quantitative estimate of drug-likeness (QED) is 0.789. The number of benzene rings is 1. The molecule has 0 aromatic heterocycles. The molecule has 2 rings (SSSR count). The second-order valence-corrected chi connectivity index (χ2v) is 6.55. The molecule has 112 valence electrons. The molecular weight excluding hydrogens is 293 g/mol. The molecule has 0 unspecified atom stereocenters. The van der Waals surface area contributed by atoms with Crippen LogP contribution in [0.4, 0.5) is 0 Å². The highest BCUT2D eigenvalue weighted by atomic mass is 35.5. The van der Waals surface area contributed by atoms with E-state index in [1.165, 1.54) is 5.56 Å². The Kier molecular flexibility index (Phi) is 6.16. The van der Waals surface area contributed by atoms with Crippen molar-refractivity contribution >= 4 is 23.2 Å². The van der Waals surface area contributed by atoms with E-state index in [2.05, 4.69) is 18.3 Å². The van der Waals surface area contributed by atoms with Gasteiger partial charge in [-0.05, 0) is 55.3 Å². The summed E-state index contributed by atoms with van der Waals surface area (Å²) in [6.45, 7) is 5.98. The molecule has 1 saturated heterocycles. The van der Waals surface area contributed by atoms with Crippen molar-refractivity contribution < 1.29 is 4.74 Å². The van der Waals surface area contributed by atoms with Crippen LogP contribution in [0.5, 0.6) is 0 Å². The fourth-order valence-electron chi connectivity index (χ4n) is 2.82. The lowest BCUT2D eigenvalue weighted by atomic mass is 9.75. The summed E-state index contributed by atoms with van der Waals surface area (Å²) in [5.74, 6) is 0. The first kappa shape index (κ1) is 16.1. The van der Waals surface area contributed by atoms with Gasteiger partial charge in [-0.2, -0.15) is 0 Å². The Morgan fingerprint density at radius 2 is 2.00 bits per heavy atom. The zero-order valence-corrected chi connectivity index (χ0v) is 13.6. The van der Waals surface area contributed by atoms with Gasteiger partial charge >= 0.3 is 0 Å². The summed E-state index contributed by atoms with van der Waals surface area (Å²) in [4.78, 5) is 0. The monoisotopic (exact) mass is 315 g/mol. The maximum absolute atomic E-state index is 6.34. The summed E-state index contributed by atoms with van der Waals surface area (Å²) in [6.07, 6.45) is 4.32. The van der Waals surface area contributed by atoms with Crippen molar-refractivity contribution in [2.45, 2.75) is 32.6 Å². The summed E-state index contributed by atoms with van der Waals surface area (Å²) < 4.78 is 5.54. The number of rotatable bonds is 6. The van der Waals surface area contributed by atoms with Crippen molar-refractivity contribution in [3.63, 3.8) is 0 Å². The normalized spacial score (nSPS) is 18.1. The van der Waals surface area contributed by atoms with Crippen LogP contribution in [0.2, 0.25) is 10.0 Å². The van der Waals surface area contributed by atoms with Crippen LogP contribution in [0.3, 0.4) is 0 Å². The summed E-state index contributed by atoms with van der Waals surface area (Å²) >= 11 is 12.3. The number of nitrogens with one attached hydrogen (secondary N) is 1. The largest absolute Gasteiger partial charge is 0.381 e. The van der Waals surface area contributed by atoms with E-state index in [1.54, 1.807) is 0 Å². The van der Waals surface area contributed by atoms with Gasteiger partial charge in [0.05, 0.1) is 0 Å². The van der Waals surface area contributed by atoms with Crippen LogP contribution in [-0.4, -0.2) is 26.3 Å². The second kappa shape index (κ2) is 7.65. The van der Waals surface area contributed by atoms with E-state index in [4.69, 9.17) is 27.9 Å². The summed E-state index contributed by atoms with van der Waals surface area (Å²) in [6, 6.07) is 5.82. The minimum Gasteiger partial charge on any atom is -0.381 e. The van der Waals surface area contributed by atoms with Gasteiger partial charge in [-0.25, -0.2) is 0 Å². The molecule has 0 saturated carbocycles. The predicted molar refractivity (Wildman–Crippen MR) is 85.8 cm³/mol. The van der Waals surface area contributed by atoms with Gasteiger partial charge in [-0.15, -0.1) is 0 Å². The van der Waals surface area contributed by atoms with Gasteiger partial charge < -0.3 is 10.1 Å². The van der Waals surface area contributed by atoms with E-state index in [9.17, 15) is 0 Å². The van der Waals surface area contributed by atoms with Crippen LogP contribution < -0.4 is 5.32 Å². The molecule has 0 spiro atoms. The molecular formula is C16H23Cl2NO. The SMILES string of the molecule is CCCNCC1(Cc2ccc(Cl)cc2Cl)CCOCC1. The highest BCUT2D eigenvalue weighted by Gasteiger charge is 2.32. The summed E-state index contributed by atoms with van der Waals surface area (Å²) in [5, 5.41) is 5.05. The molecule has 1 fully saturated rings. The molecule has 1 heterocycles. The Morgan fingerprint density at radius 1 is 1.25 bits per heavy atom. The van der Waals surface area contributed by atoms with Gasteiger partial charge in [0.15, 0.2) is 0 Å². The van der Waals surface area contributed by atoms with Gasteiger partial charge in [-0.3, -0.25) is 0 Å². The first-order valence-electron chi connectivity index (χ1n) is 7.38. The van der Waals surface area contributed by atoms with Crippen LogP contribution >= 0.6 is 23.2 Å². The van der Waals surface area contributed by atoms with E-state index >= 15 is 0 Å². The van der Waals surface area contributed by atoms with Crippen LogP contribution in [-0.2, 0) is 11.2 Å². The molecule has 0 aliphatic carbocycles. The lowest BCUT2D eigenvalue weighted by Gasteiger charge is -2.38. The van der Waals surface area contributed by atoms with E-state index < -0.39 is 0 Å². The fourth-order valence-corrected chi connectivity index (χ4v) is 3.30. The van der Waals surface area contributed by atoms with E-state index in [1.807, 2.05) is 12.1 Å². The maximum atomic E-state index is 6.34. The van der Waals surface area contributed by atoms with Crippen molar-refractivity contribution in [1.29, 1.82) is 0 Å². The van der Waals surface area contributed by atoms with Gasteiger partial charge in [-0.1, -0.05) is 36.2 Å². The van der Waals surface area contributed by atoms with Crippen molar-refractivity contribution in [3.8, 4) is 0 Å². The Labute approximate surface area is 131 Å². The van der Waals surface area contributed by atoms with Crippen molar-refractivity contribution in [3.05, 3.63) is 33.8 Å². The van der Waals surface area contributed by atoms with Gasteiger partial charge in [0.2, 0.25) is 0 Å². The van der Waals surface area contributed by atoms with Crippen molar-refractivity contribution in [2.75, 3.05) is 26.3 Å².